The highest BCUT2D eigenvalue weighted by molar-refractivity contribution is 6.06. The number of fused-ring (bicyclic) bond motifs is 5. The first-order valence-corrected chi connectivity index (χ1v) is 10.6. The van der Waals surface area contributed by atoms with Crippen LogP contribution in [-0.2, 0) is 9.59 Å². The lowest BCUT2D eigenvalue weighted by Crippen LogP contribution is -2.40. The minimum Gasteiger partial charge on any atom is -0.492 e. The largest absolute Gasteiger partial charge is 0.492 e. The van der Waals surface area contributed by atoms with E-state index in [2.05, 4.69) is 27.8 Å². The highest BCUT2D eigenvalue weighted by atomic mass is 19.2. The molecule has 4 rings (SSSR count). The van der Waals surface area contributed by atoms with Gasteiger partial charge in [-0.2, -0.15) is 0 Å². The fraction of sp³-hybridized carbons (Fsp3) is 0.500. The van der Waals surface area contributed by atoms with Crippen LogP contribution in [0.4, 0.5) is 8.78 Å². The third-order valence-corrected chi connectivity index (χ3v) is 6.05. The van der Waals surface area contributed by atoms with Crippen LogP contribution < -0.4 is 15.4 Å². The number of nitrogens with one attached hydrogen (secondary N) is 2. The molecular formula is C22H26F2N4O3. The molecule has 1 aromatic carbocycles. The van der Waals surface area contributed by atoms with Gasteiger partial charge in [0.25, 0.3) is 0 Å². The van der Waals surface area contributed by atoms with Gasteiger partial charge >= 0.3 is 0 Å². The Morgan fingerprint density at radius 2 is 1.84 bits per heavy atom. The Hall–Kier alpha value is -2.97. The van der Waals surface area contributed by atoms with Crippen LogP contribution >= 0.6 is 0 Å². The van der Waals surface area contributed by atoms with Crippen molar-refractivity contribution in [2.75, 3.05) is 32.8 Å². The topological polar surface area (TPSA) is 83.0 Å². The van der Waals surface area contributed by atoms with Gasteiger partial charge in [-0.05, 0) is 37.3 Å². The summed E-state index contributed by atoms with van der Waals surface area (Å²) in [7, 11) is 0. The first kappa shape index (κ1) is 21.3. The highest BCUT2D eigenvalue weighted by Gasteiger charge is 2.58. The van der Waals surface area contributed by atoms with E-state index in [0.717, 1.165) is 18.6 Å². The summed E-state index contributed by atoms with van der Waals surface area (Å²) in [6.07, 6.45) is 5.07. The standard InChI is InChI=1S/C22H26F2N4O3/c1-2-25-22(27-8-10-31-15-5-6-16(23)17(24)12-15)26-7-9-28-20(29)18-13-3-4-14(11-13)19(18)21(28)30/h3-6,12-14,18-19H,2,7-11H2,1H3,(H2,25,26,27). The van der Waals surface area contributed by atoms with Crippen LogP contribution in [0.2, 0.25) is 0 Å². The van der Waals surface area contributed by atoms with Crippen molar-refractivity contribution in [3.63, 3.8) is 0 Å². The summed E-state index contributed by atoms with van der Waals surface area (Å²) in [6.45, 7) is 3.71. The van der Waals surface area contributed by atoms with Crippen molar-refractivity contribution in [2.24, 2.45) is 28.7 Å². The summed E-state index contributed by atoms with van der Waals surface area (Å²) in [5.41, 5.74) is 0. The second-order valence-electron chi connectivity index (χ2n) is 7.94. The quantitative estimate of drug-likeness (QED) is 0.215. The van der Waals surface area contributed by atoms with Crippen molar-refractivity contribution in [2.45, 2.75) is 13.3 Å². The molecule has 9 heteroatoms. The van der Waals surface area contributed by atoms with Gasteiger partial charge in [0.05, 0.1) is 24.9 Å². The van der Waals surface area contributed by atoms with Crippen molar-refractivity contribution in [1.29, 1.82) is 0 Å². The highest BCUT2D eigenvalue weighted by Crippen LogP contribution is 2.52. The van der Waals surface area contributed by atoms with E-state index in [1.54, 1.807) is 0 Å². The zero-order valence-electron chi connectivity index (χ0n) is 17.3. The summed E-state index contributed by atoms with van der Waals surface area (Å²) in [6, 6.07) is 3.37. The minimum absolute atomic E-state index is 0.0695. The maximum absolute atomic E-state index is 13.2. The van der Waals surface area contributed by atoms with Gasteiger partial charge in [-0.3, -0.25) is 19.5 Å². The number of nitrogens with zero attached hydrogens (tertiary/aromatic N) is 2. The normalized spacial score (nSPS) is 26.5. The number of aliphatic imine (C=N–C) groups is 1. The number of guanidine groups is 1. The van der Waals surface area contributed by atoms with Gasteiger partial charge in [0.1, 0.15) is 12.4 Å². The Bertz CT molecular complexity index is 890. The SMILES string of the molecule is CCNC(=NCCN1C(=O)C2C3C=CC(C3)C2C1=O)NCCOc1ccc(F)c(F)c1. The molecule has 0 aromatic heterocycles. The Balaban J connectivity index is 1.25. The maximum Gasteiger partial charge on any atom is 0.233 e. The van der Waals surface area contributed by atoms with Crippen LogP contribution in [0, 0.1) is 35.3 Å². The molecule has 3 aliphatic rings. The van der Waals surface area contributed by atoms with E-state index in [1.807, 2.05) is 6.92 Å². The van der Waals surface area contributed by atoms with Gasteiger partial charge in [-0.25, -0.2) is 8.78 Å². The molecule has 2 bridgehead atoms. The number of benzene rings is 1. The Morgan fingerprint density at radius 1 is 1.13 bits per heavy atom. The lowest BCUT2D eigenvalue weighted by Gasteiger charge is -2.17. The van der Waals surface area contributed by atoms with Gasteiger partial charge in [0.15, 0.2) is 17.6 Å². The number of imide groups is 1. The molecule has 4 atom stereocenters. The van der Waals surface area contributed by atoms with Gasteiger partial charge < -0.3 is 15.4 Å². The molecule has 2 fully saturated rings. The van der Waals surface area contributed by atoms with Gasteiger partial charge in [0, 0.05) is 19.2 Å². The number of carbonyl (C=O) groups excluding carboxylic acids is 2. The molecule has 166 valence electrons. The predicted molar refractivity (Wildman–Crippen MR) is 110 cm³/mol. The second-order valence-corrected chi connectivity index (χ2v) is 7.94. The van der Waals surface area contributed by atoms with Crippen molar-refractivity contribution < 1.29 is 23.1 Å². The molecule has 1 aromatic rings. The summed E-state index contributed by atoms with van der Waals surface area (Å²) in [5.74, 6) is -1.23. The second kappa shape index (κ2) is 9.03. The molecule has 0 spiro atoms. The Labute approximate surface area is 179 Å². The molecule has 2 aliphatic carbocycles. The van der Waals surface area contributed by atoms with E-state index in [0.29, 0.717) is 25.6 Å². The summed E-state index contributed by atoms with van der Waals surface area (Å²) >= 11 is 0. The van der Waals surface area contributed by atoms with Gasteiger partial charge in [0.2, 0.25) is 11.8 Å². The number of allylic oxidation sites excluding steroid dienone is 2. The Morgan fingerprint density at radius 3 is 2.48 bits per heavy atom. The number of halogens is 2. The van der Waals surface area contributed by atoms with Crippen LogP contribution in [0.3, 0.4) is 0 Å². The molecule has 31 heavy (non-hydrogen) atoms. The summed E-state index contributed by atoms with van der Waals surface area (Å²) in [5, 5.41) is 6.16. The fourth-order valence-corrected chi connectivity index (χ4v) is 4.69. The molecule has 0 radical (unpaired) electrons. The molecular weight excluding hydrogens is 406 g/mol. The van der Waals surface area contributed by atoms with Crippen LogP contribution in [-0.4, -0.2) is 55.5 Å². The van der Waals surface area contributed by atoms with E-state index >= 15 is 0 Å². The zero-order chi connectivity index (χ0) is 22.0. The lowest BCUT2D eigenvalue weighted by atomic mass is 9.85. The van der Waals surface area contributed by atoms with Crippen molar-refractivity contribution in [3.8, 4) is 5.75 Å². The third-order valence-electron chi connectivity index (χ3n) is 6.05. The summed E-state index contributed by atoms with van der Waals surface area (Å²) < 4.78 is 31.6. The van der Waals surface area contributed by atoms with Gasteiger partial charge in [-0.15, -0.1) is 0 Å². The molecule has 1 heterocycles. The van der Waals surface area contributed by atoms with E-state index in [4.69, 9.17) is 4.74 Å². The number of hydrogen-bond acceptors (Lipinski definition) is 4. The number of amides is 2. The van der Waals surface area contributed by atoms with E-state index < -0.39 is 11.6 Å². The van der Waals surface area contributed by atoms with E-state index in [9.17, 15) is 18.4 Å². The van der Waals surface area contributed by atoms with Crippen molar-refractivity contribution in [1.82, 2.24) is 15.5 Å². The van der Waals surface area contributed by atoms with E-state index in [-0.39, 0.29) is 54.4 Å². The number of ether oxygens (including phenoxy) is 1. The molecule has 2 amide bonds. The molecule has 1 saturated carbocycles. The first-order chi connectivity index (χ1) is 15.0. The Kier molecular flexibility index (Phi) is 6.20. The van der Waals surface area contributed by atoms with E-state index in [1.165, 1.54) is 11.0 Å². The molecule has 1 aliphatic heterocycles. The maximum atomic E-state index is 13.2. The van der Waals surface area contributed by atoms with Crippen molar-refractivity contribution in [3.05, 3.63) is 42.0 Å². The molecule has 4 unspecified atom stereocenters. The zero-order valence-corrected chi connectivity index (χ0v) is 17.3. The van der Waals surface area contributed by atoms with Crippen LogP contribution in [0.25, 0.3) is 0 Å². The lowest BCUT2D eigenvalue weighted by molar-refractivity contribution is -0.140. The summed E-state index contributed by atoms with van der Waals surface area (Å²) in [4.78, 5) is 31.2. The predicted octanol–water partition coefficient (Wildman–Crippen LogP) is 1.71. The van der Waals surface area contributed by atoms with Gasteiger partial charge in [-0.1, -0.05) is 12.2 Å². The van der Waals surface area contributed by atoms with Crippen molar-refractivity contribution >= 4 is 17.8 Å². The molecule has 2 N–H and O–H groups in total. The monoisotopic (exact) mass is 432 g/mol. The third kappa shape index (κ3) is 4.26. The number of likely N-dealkylation sites (tertiary alicyclic amines) is 1. The number of carbonyl (C=O) groups is 2. The number of hydrogen-bond donors (Lipinski definition) is 2. The van der Waals surface area contributed by atoms with Crippen LogP contribution in [0.5, 0.6) is 5.75 Å². The average molecular weight is 432 g/mol. The first-order valence-electron chi connectivity index (χ1n) is 10.6. The van der Waals surface area contributed by atoms with Crippen LogP contribution in [0.15, 0.2) is 35.3 Å². The smallest absolute Gasteiger partial charge is 0.233 e. The molecule has 7 nitrogen and oxygen atoms in total. The molecule has 1 saturated heterocycles. The fourth-order valence-electron chi connectivity index (χ4n) is 4.69. The average Bonchev–Trinajstić information content (AvgIpc) is 3.43. The minimum atomic E-state index is -0.959. The number of rotatable bonds is 8. The van der Waals surface area contributed by atoms with Crippen LogP contribution in [0.1, 0.15) is 13.3 Å².